The van der Waals surface area contributed by atoms with E-state index in [0.29, 0.717) is 13.1 Å². The molecular weight excluding hydrogens is 228 g/mol. The third kappa shape index (κ3) is 3.41. The molecule has 0 unspecified atom stereocenters. The lowest BCUT2D eigenvalue weighted by Gasteiger charge is -2.24. The first-order valence-corrected chi connectivity index (χ1v) is 7.34. The van der Waals surface area contributed by atoms with E-state index in [1.807, 2.05) is 20.8 Å². The zero-order chi connectivity index (χ0) is 12.2. The average molecular weight is 250 g/mol. The van der Waals surface area contributed by atoms with Crippen LogP contribution in [0.1, 0.15) is 33.6 Å². The second-order valence-corrected chi connectivity index (χ2v) is 5.75. The second-order valence-electron chi connectivity index (χ2n) is 4.05. The number of nitrogens with one attached hydrogen (secondary N) is 1. The lowest BCUT2D eigenvalue weighted by Crippen LogP contribution is -2.48. The van der Waals surface area contributed by atoms with Crippen molar-refractivity contribution in [3.05, 3.63) is 0 Å². The Hall–Kier alpha value is -0.170. The van der Waals surface area contributed by atoms with Crippen LogP contribution in [0, 0.1) is 0 Å². The molecule has 1 rings (SSSR count). The summed E-state index contributed by atoms with van der Waals surface area (Å²) in [6.45, 7) is 7.24. The molecule has 1 saturated heterocycles. The summed E-state index contributed by atoms with van der Waals surface area (Å²) in [5.41, 5.74) is 0. The van der Waals surface area contributed by atoms with Gasteiger partial charge < -0.3 is 4.74 Å². The van der Waals surface area contributed by atoms with Gasteiger partial charge >= 0.3 is 0 Å². The number of rotatable bonds is 6. The van der Waals surface area contributed by atoms with E-state index in [9.17, 15) is 8.42 Å². The fraction of sp³-hybridized carbons (Fsp3) is 1.00. The Balaban J connectivity index is 2.57. The van der Waals surface area contributed by atoms with Gasteiger partial charge in [-0.25, -0.2) is 0 Å². The highest BCUT2D eigenvalue weighted by molar-refractivity contribution is 7.87. The monoisotopic (exact) mass is 250 g/mol. The topological polar surface area (TPSA) is 58.6 Å². The Bertz CT molecular complexity index is 295. The van der Waals surface area contributed by atoms with Gasteiger partial charge in [0.25, 0.3) is 10.2 Å². The summed E-state index contributed by atoms with van der Waals surface area (Å²) in [5, 5.41) is 0. The van der Waals surface area contributed by atoms with Crippen LogP contribution < -0.4 is 4.72 Å². The zero-order valence-corrected chi connectivity index (χ0v) is 11.1. The third-order valence-electron chi connectivity index (χ3n) is 2.90. The van der Waals surface area contributed by atoms with E-state index in [1.54, 1.807) is 0 Å². The van der Waals surface area contributed by atoms with Gasteiger partial charge in [0.2, 0.25) is 0 Å². The molecule has 1 N–H and O–H groups in total. The Labute approximate surface area is 98.3 Å². The molecule has 0 aromatic rings. The highest BCUT2D eigenvalue weighted by Gasteiger charge is 2.28. The first-order valence-electron chi connectivity index (χ1n) is 5.90. The lowest BCUT2D eigenvalue weighted by atomic mass is 10.1. The van der Waals surface area contributed by atoms with Crippen molar-refractivity contribution < 1.29 is 13.2 Å². The highest BCUT2D eigenvalue weighted by atomic mass is 32.2. The molecule has 1 fully saturated rings. The smallest absolute Gasteiger partial charge is 0.279 e. The maximum atomic E-state index is 11.9. The summed E-state index contributed by atoms with van der Waals surface area (Å²) in [4.78, 5) is 0. The van der Waals surface area contributed by atoms with Crippen LogP contribution in [0.4, 0.5) is 0 Å². The van der Waals surface area contributed by atoms with E-state index < -0.39 is 10.2 Å². The van der Waals surface area contributed by atoms with Gasteiger partial charge in [0.15, 0.2) is 0 Å². The minimum Gasteiger partial charge on any atom is -0.377 e. The van der Waals surface area contributed by atoms with Gasteiger partial charge in [0.05, 0.1) is 6.10 Å². The van der Waals surface area contributed by atoms with Crippen molar-refractivity contribution in [1.82, 2.24) is 9.03 Å². The largest absolute Gasteiger partial charge is 0.377 e. The van der Waals surface area contributed by atoms with Gasteiger partial charge in [-0.15, -0.1) is 0 Å². The summed E-state index contributed by atoms with van der Waals surface area (Å²) in [6.07, 6.45) is 1.97. The van der Waals surface area contributed by atoms with Crippen molar-refractivity contribution >= 4 is 10.2 Å². The average Bonchev–Trinajstić information content (AvgIpc) is 2.70. The second kappa shape index (κ2) is 5.95. The molecule has 2 atom stereocenters. The SMILES string of the molecule is CCN(CC)S(=O)(=O)N[C@H](C)[C@H]1CCCO1. The number of hydrogen-bond acceptors (Lipinski definition) is 3. The number of nitrogens with zero attached hydrogens (tertiary/aromatic N) is 1. The molecule has 0 aromatic carbocycles. The quantitative estimate of drug-likeness (QED) is 0.756. The van der Waals surface area contributed by atoms with E-state index in [4.69, 9.17) is 4.74 Å². The van der Waals surface area contributed by atoms with Crippen molar-refractivity contribution in [2.75, 3.05) is 19.7 Å². The summed E-state index contributed by atoms with van der Waals surface area (Å²) in [6, 6.07) is -0.159. The van der Waals surface area contributed by atoms with Crippen LogP contribution in [0.5, 0.6) is 0 Å². The molecule has 5 nitrogen and oxygen atoms in total. The number of ether oxygens (including phenoxy) is 1. The molecule has 0 aliphatic carbocycles. The van der Waals surface area contributed by atoms with Gasteiger partial charge in [-0.05, 0) is 19.8 Å². The van der Waals surface area contributed by atoms with Crippen molar-refractivity contribution in [2.45, 2.75) is 45.8 Å². The Morgan fingerprint density at radius 1 is 1.44 bits per heavy atom. The molecule has 0 bridgehead atoms. The Kier molecular flexibility index (Phi) is 5.17. The van der Waals surface area contributed by atoms with Gasteiger partial charge in [-0.3, -0.25) is 0 Å². The van der Waals surface area contributed by atoms with E-state index in [1.165, 1.54) is 4.31 Å². The Morgan fingerprint density at radius 3 is 2.50 bits per heavy atom. The van der Waals surface area contributed by atoms with Gasteiger partial charge in [-0.1, -0.05) is 13.8 Å². The van der Waals surface area contributed by atoms with Crippen LogP contribution >= 0.6 is 0 Å². The van der Waals surface area contributed by atoms with E-state index >= 15 is 0 Å². The summed E-state index contributed by atoms with van der Waals surface area (Å²) in [7, 11) is -3.36. The molecule has 0 saturated carbocycles. The fourth-order valence-corrected chi connectivity index (χ4v) is 3.40. The van der Waals surface area contributed by atoms with Crippen molar-refractivity contribution in [1.29, 1.82) is 0 Å². The van der Waals surface area contributed by atoms with Crippen molar-refractivity contribution in [3.8, 4) is 0 Å². The van der Waals surface area contributed by atoms with Crippen LogP contribution in [0.15, 0.2) is 0 Å². The standard InChI is InChI=1S/C10H22N2O3S/c1-4-12(5-2)16(13,14)11-9(3)10-7-6-8-15-10/h9-11H,4-8H2,1-3H3/t9-,10-/m1/s1. The molecule has 0 spiro atoms. The van der Waals surface area contributed by atoms with E-state index in [-0.39, 0.29) is 12.1 Å². The molecule has 0 aromatic heterocycles. The fourth-order valence-electron chi connectivity index (χ4n) is 1.95. The van der Waals surface area contributed by atoms with Crippen LogP contribution in [0.2, 0.25) is 0 Å². The Morgan fingerprint density at radius 2 is 2.06 bits per heavy atom. The summed E-state index contributed by atoms with van der Waals surface area (Å²) < 4.78 is 33.4. The summed E-state index contributed by atoms with van der Waals surface area (Å²) in [5.74, 6) is 0. The molecule has 0 radical (unpaired) electrons. The summed E-state index contributed by atoms with van der Waals surface area (Å²) >= 11 is 0. The highest BCUT2D eigenvalue weighted by Crippen LogP contribution is 2.16. The maximum absolute atomic E-state index is 11.9. The predicted molar refractivity (Wildman–Crippen MR) is 63.4 cm³/mol. The van der Waals surface area contributed by atoms with Crippen molar-refractivity contribution in [3.63, 3.8) is 0 Å². The van der Waals surface area contributed by atoms with Gasteiger partial charge in [0, 0.05) is 25.7 Å². The maximum Gasteiger partial charge on any atom is 0.279 e. The molecular formula is C10H22N2O3S. The molecule has 1 aliphatic rings. The van der Waals surface area contributed by atoms with E-state index in [0.717, 1.165) is 19.4 Å². The molecule has 1 heterocycles. The molecule has 6 heteroatoms. The zero-order valence-electron chi connectivity index (χ0n) is 10.3. The molecule has 96 valence electrons. The minimum absolute atomic E-state index is 0.0188. The molecule has 16 heavy (non-hydrogen) atoms. The van der Waals surface area contributed by atoms with Gasteiger partial charge in [0.1, 0.15) is 0 Å². The van der Waals surface area contributed by atoms with Crippen LogP contribution in [-0.4, -0.2) is 44.6 Å². The minimum atomic E-state index is -3.36. The van der Waals surface area contributed by atoms with Crippen LogP contribution in [-0.2, 0) is 14.9 Å². The van der Waals surface area contributed by atoms with Crippen LogP contribution in [0.25, 0.3) is 0 Å². The lowest BCUT2D eigenvalue weighted by molar-refractivity contribution is 0.0897. The molecule has 0 amide bonds. The van der Waals surface area contributed by atoms with Gasteiger partial charge in [-0.2, -0.15) is 17.4 Å². The first kappa shape index (κ1) is 13.9. The predicted octanol–water partition coefficient (Wildman–Crippen LogP) is 0.730. The molecule has 1 aliphatic heterocycles. The normalized spacial score (nSPS) is 23.9. The van der Waals surface area contributed by atoms with Crippen molar-refractivity contribution in [2.24, 2.45) is 0 Å². The van der Waals surface area contributed by atoms with Crippen LogP contribution in [0.3, 0.4) is 0 Å². The van der Waals surface area contributed by atoms with E-state index in [2.05, 4.69) is 4.72 Å². The first-order chi connectivity index (χ1) is 7.51. The third-order valence-corrected chi connectivity index (χ3v) is 4.77. The number of hydrogen-bond donors (Lipinski definition) is 1.